The Kier molecular flexibility index (Phi) is 58.3. The highest BCUT2D eigenvalue weighted by Gasteiger charge is 2.22. The summed E-state index contributed by atoms with van der Waals surface area (Å²) in [6, 6.07) is 0. The van der Waals surface area contributed by atoms with Crippen LogP contribution in [0.4, 0.5) is 0 Å². The molecule has 0 aromatic rings. The van der Waals surface area contributed by atoms with Gasteiger partial charge in [-0.1, -0.05) is 292 Å². The number of hydrogen-bond donors (Lipinski definition) is 0. The normalized spacial score (nSPS) is 13.2. The van der Waals surface area contributed by atoms with Crippen molar-refractivity contribution in [1.82, 2.24) is 0 Å². The summed E-state index contributed by atoms with van der Waals surface area (Å²) >= 11 is 0. The molecular weight excluding hydrogens is 983 g/mol. The molecule has 0 saturated carbocycles. The van der Waals surface area contributed by atoms with Crippen LogP contribution in [0.25, 0.3) is 0 Å². The number of carboxylic acid groups (broad SMARTS) is 1. The van der Waals surface area contributed by atoms with E-state index in [1.807, 2.05) is 21.1 Å². The fourth-order valence-electron chi connectivity index (χ4n) is 9.43. The second-order valence-electron chi connectivity index (χ2n) is 23.4. The molecule has 0 aliphatic rings. The quantitative estimate of drug-likeness (QED) is 0.0195. The molecule has 2 unspecified atom stereocenters. The van der Waals surface area contributed by atoms with Crippen molar-refractivity contribution in [2.75, 3.05) is 47.5 Å². The summed E-state index contributed by atoms with van der Waals surface area (Å²) in [7, 11) is 5.93. The lowest BCUT2D eigenvalue weighted by atomic mass is 10.0. The molecule has 0 fully saturated rings. The van der Waals surface area contributed by atoms with Gasteiger partial charge in [-0.05, 0) is 64.2 Å². The molecule has 458 valence electrons. The Morgan fingerprint density at radius 1 is 0.392 bits per heavy atom. The minimum atomic E-state index is -1.62. The fraction of sp³-hybridized carbons (Fsp3) is 0.786. The highest BCUT2D eigenvalue weighted by atomic mass is 16.7. The maximum atomic E-state index is 12.9. The van der Waals surface area contributed by atoms with Crippen molar-refractivity contribution in [1.29, 1.82) is 0 Å². The van der Waals surface area contributed by atoms with E-state index in [2.05, 4.69) is 86.8 Å². The van der Waals surface area contributed by atoms with Crippen LogP contribution in [-0.2, 0) is 33.3 Å². The summed E-state index contributed by atoms with van der Waals surface area (Å²) in [6.07, 6.45) is 76.9. The SMILES string of the molecule is CC/C=C\C/C=C\C/C=C\C/C=C\C/C=C\C/C=C\CCCCCCCCCCCCCCCCCCCCC(=O)OC(COC(=O)CCCCCCCCCCCCCCCCCCC)COC(OCC[N+](C)(C)C)C(=O)[O-]. The first-order chi connectivity index (χ1) is 38.6. The summed E-state index contributed by atoms with van der Waals surface area (Å²) < 4.78 is 22.8. The van der Waals surface area contributed by atoms with Gasteiger partial charge >= 0.3 is 11.9 Å². The van der Waals surface area contributed by atoms with Crippen LogP contribution in [0.3, 0.4) is 0 Å². The molecule has 0 spiro atoms. The number of unbranched alkanes of at least 4 members (excludes halogenated alkanes) is 34. The second-order valence-corrected chi connectivity index (χ2v) is 23.4. The molecule has 0 amide bonds. The van der Waals surface area contributed by atoms with Gasteiger partial charge in [-0.25, -0.2) is 0 Å². The van der Waals surface area contributed by atoms with Crippen LogP contribution in [0, 0.1) is 0 Å². The minimum Gasteiger partial charge on any atom is -0.545 e. The smallest absolute Gasteiger partial charge is 0.306 e. The van der Waals surface area contributed by atoms with Gasteiger partial charge in [-0.2, -0.15) is 0 Å². The van der Waals surface area contributed by atoms with Crippen LogP contribution in [0.1, 0.15) is 296 Å². The number of quaternary nitrogens is 1. The lowest BCUT2D eigenvalue weighted by Gasteiger charge is -2.26. The third-order valence-corrected chi connectivity index (χ3v) is 14.5. The van der Waals surface area contributed by atoms with E-state index in [-0.39, 0.29) is 32.2 Å². The Morgan fingerprint density at radius 2 is 0.722 bits per heavy atom. The largest absolute Gasteiger partial charge is 0.545 e. The van der Waals surface area contributed by atoms with Crippen molar-refractivity contribution in [2.45, 2.75) is 309 Å². The van der Waals surface area contributed by atoms with Crippen LogP contribution in [0.2, 0.25) is 0 Å². The molecule has 0 saturated heterocycles. The van der Waals surface area contributed by atoms with E-state index in [1.165, 1.54) is 193 Å². The van der Waals surface area contributed by atoms with E-state index in [1.54, 1.807) is 0 Å². The van der Waals surface area contributed by atoms with E-state index in [0.717, 1.165) is 70.6 Å². The third-order valence-electron chi connectivity index (χ3n) is 14.5. The predicted molar refractivity (Wildman–Crippen MR) is 334 cm³/mol. The Labute approximate surface area is 487 Å². The molecule has 0 aliphatic heterocycles. The number of carbonyl (C=O) groups excluding carboxylic acids is 3. The number of esters is 2. The molecule has 0 aromatic heterocycles. The van der Waals surface area contributed by atoms with Crippen molar-refractivity contribution in [3.63, 3.8) is 0 Å². The van der Waals surface area contributed by atoms with E-state index in [0.29, 0.717) is 23.9 Å². The van der Waals surface area contributed by atoms with Gasteiger partial charge in [-0.3, -0.25) is 9.59 Å². The third kappa shape index (κ3) is 62.2. The van der Waals surface area contributed by atoms with E-state index >= 15 is 0 Å². The molecule has 9 heteroatoms. The molecule has 0 N–H and O–H groups in total. The number of nitrogens with zero attached hydrogens (tertiary/aromatic N) is 1. The molecule has 0 radical (unpaired) electrons. The predicted octanol–water partition coefficient (Wildman–Crippen LogP) is 18.8. The fourth-order valence-corrected chi connectivity index (χ4v) is 9.43. The first-order valence-corrected chi connectivity index (χ1v) is 33.1. The van der Waals surface area contributed by atoms with Gasteiger partial charge in [0.15, 0.2) is 12.4 Å². The number of allylic oxidation sites excluding steroid dienone is 12. The average molecular weight is 1110 g/mol. The summed E-state index contributed by atoms with van der Waals surface area (Å²) in [5, 5.41) is 11.8. The van der Waals surface area contributed by atoms with Crippen molar-refractivity contribution in [3.05, 3.63) is 72.9 Å². The Bertz CT molecular complexity index is 1520. The van der Waals surface area contributed by atoms with Crippen LogP contribution in [-0.4, -0.2) is 82.3 Å². The van der Waals surface area contributed by atoms with Gasteiger partial charge in [0, 0.05) is 12.8 Å². The molecule has 0 bridgehead atoms. The van der Waals surface area contributed by atoms with Crippen LogP contribution >= 0.6 is 0 Å². The Hall–Kier alpha value is -3.27. The van der Waals surface area contributed by atoms with Gasteiger partial charge in [0.1, 0.15) is 13.2 Å². The highest BCUT2D eigenvalue weighted by molar-refractivity contribution is 5.70. The molecule has 0 heterocycles. The van der Waals surface area contributed by atoms with Crippen LogP contribution in [0.5, 0.6) is 0 Å². The molecule has 0 rings (SSSR count). The van der Waals surface area contributed by atoms with Crippen molar-refractivity contribution < 1.29 is 42.9 Å². The molecule has 79 heavy (non-hydrogen) atoms. The Balaban J connectivity index is 4.04. The second kappa shape index (κ2) is 60.8. The number of hydrogen-bond acceptors (Lipinski definition) is 8. The number of ether oxygens (including phenoxy) is 4. The van der Waals surface area contributed by atoms with E-state index < -0.39 is 24.3 Å². The molecular formula is C70H125NO8. The van der Waals surface area contributed by atoms with Crippen molar-refractivity contribution in [3.8, 4) is 0 Å². The minimum absolute atomic E-state index is 0.149. The van der Waals surface area contributed by atoms with Gasteiger partial charge in [0.2, 0.25) is 0 Å². The van der Waals surface area contributed by atoms with E-state index in [9.17, 15) is 19.5 Å². The monoisotopic (exact) mass is 1110 g/mol. The first-order valence-electron chi connectivity index (χ1n) is 33.1. The average Bonchev–Trinajstić information content (AvgIpc) is 3.42. The number of likely N-dealkylation sites (N-methyl/N-ethyl adjacent to an activating group) is 1. The summed E-state index contributed by atoms with van der Waals surface area (Å²) in [6.45, 7) is 4.67. The lowest BCUT2D eigenvalue weighted by Crippen LogP contribution is -2.44. The zero-order valence-electron chi connectivity index (χ0n) is 52.2. The van der Waals surface area contributed by atoms with Crippen molar-refractivity contribution in [2.24, 2.45) is 0 Å². The topological polar surface area (TPSA) is 111 Å². The van der Waals surface area contributed by atoms with Crippen molar-refractivity contribution >= 4 is 17.9 Å². The number of aliphatic carboxylic acids is 1. The number of rotatable bonds is 61. The van der Waals surface area contributed by atoms with Crippen LogP contribution in [0.15, 0.2) is 72.9 Å². The number of carbonyl (C=O) groups is 3. The van der Waals surface area contributed by atoms with E-state index in [4.69, 9.17) is 18.9 Å². The zero-order chi connectivity index (χ0) is 57.6. The molecule has 0 aromatic carbocycles. The van der Waals surface area contributed by atoms with Gasteiger partial charge in [-0.15, -0.1) is 0 Å². The van der Waals surface area contributed by atoms with Gasteiger partial charge in [0.25, 0.3) is 0 Å². The maximum Gasteiger partial charge on any atom is 0.306 e. The number of carboxylic acids is 1. The zero-order valence-corrected chi connectivity index (χ0v) is 52.2. The molecule has 2 atom stereocenters. The highest BCUT2D eigenvalue weighted by Crippen LogP contribution is 2.18. The Morgan fingerprint density at radius 3 is 1.08 bits per heavy atom. The van der Waals surface area contributed by atoms with Gasteiger partial charge in [0.05, 0.1) is 40.3 Å². The summed E-state index contributed by atoms with van der Waals surface area (Å²) in [5.74, 6) is -2.26. The van der Waals surface area contributed by atoms with Gasteiger partial charge < -0.3 is 33.3 Å². The summed E-state index contributed by atoms with van der Waals surface area (Å²) in [5.41, 5.74) is 0. The maximum absolute atomic E-state index is 12.9. The summed E-state index contributed by atoms with van der Waals surface area (Å²) in [4.78, 5) is 37.4. The molecule has 9 nitrogen and oxygen atoms in total. The molecule has 0 aliphatic carbocycles. The van der Waals surface area contributed by atoms with Crippen LogP contribution < -0.4 is 5.11 Å². The lowest BCUT2D eigenvalue weighted by molar-refractivity contribution is -0.870. The first kappa shape index (κ1) is 75.7. The standard InChI is InChI=1S/C70H125NO8/c1-6-8-10-12-14-16-18-20-22-24-25-26-27-28-29-30-31-32-33-34-35-36-37-38-39-40-41-42-43-45-47-49-51-53-55-57-59-61-68(73)79-66(65-78-70(69(74)75)76-63-62-71(3,4)5)64-77-67(72)60-58-56-54-52-50-48-46-44-23-21-19-17-15-13-11-9-7-2/h8,10,14,16,20,22,25-26,28-29,31-32,66,70H,6-7,9,11-13,15,17-19,21,23-24,27,30,33-65H2,1-5H3/b10-8-,16-14-,22-20-,26-25-,29-28-,32-31-.